The summed E-state index contributed by atoms with van der Waals surface area (Å²) < 4.78 is 28.9. The Kier molecular flexibility index (Phi) is 5.35. The maximum absolute atomic E-state index is 13.4. The molecule has 31 heavy (non-hydrogen) atoms. The van der Waals surface area contributed by atoms with Gasteiger partial charge in [-0.05, 0) is 86.7 Å². The topological polar surface area (TPSA) is 66.5 Å². The van der Waals surface area contributed by atoms with E-state index in [1.54, 1.807) is 36.1 Å². The molecule has 3 aromatic rings. The second kappa shape index (κ2) is 7.85. The highest BCUT2D eigenvalue weighted by Crippen LogP contribution is 2.33. The molecule has 0 aliphatic carbocycles. The first-order chi connectivity index (χ1) is 14.7. The molecule has 1 aliphatic rings. The third-order valence-corrected chi connectivity index (χ3v) is 7.43. The number of anilines is 2. The van der Waals surface area contributed by atoms with Gasteiger partial charge in [0.2, 0.25) is 0 Å². The highest BCUT2D eigenvalue weighted by Gasteiger charge is 2.32. The summed E-state index contributed by atoms with van der Waals surface area (Å²) in [7, 11) is -3.85. The summed E-state index contributed by atoms with van der Waals surface area (Å²) in [6.45, 7) is 7.65. The number of aryl methyl sites for hydroxylation is 3. The van der Waals surface area contributed by atoms with Gasteiger partial charge in [-0.3, -0.25) is 9.52 Å². The molecule has 4 rings (SSSR count). The SMILES string of the molecule is Cc1ccc(NS(=O)(=O)c2cc(C(=O)N3c4ccccc4CC3C)ccc2C)cc1C. The fourth-order valence-corrected chi connectivity index (χ4v) is 5.37. The zero-order valence-electron chi connectivity index (χ0n) is 18.1. The Morgan fingerprint density at radius 2 is 1.65 bits per heavy atom. The van der Waals surface area contributed by atoms with Crippen molar-refractivity contribution in [1.29, 1.82) is 0 Å². The van der Waals surface area contributed by atoms with E-state index in [0.29, 0.717) is 16.8 Å². The van der Waals surface area contributed by atoms with Gasteiger partial charge in [-0.15, -0.1) is 0 Å². The highest BCUT2D eigenvalue weighted by molar-refractivity contribution is 7.92. The summed E-state index contributed by atoms with van der Waals surface area (Å²) in [5, 5.41) is 0. The summed E-state index contributed by atoms with van der Waals surface area (Å²) >= 11 is 0. The predicted molar refractivity (Wildman–Crippen MR) is 124 cm³/mol. The molecule has 1 N–H and O–H groups in total. The summed E-state index contributed by atoms with van der Waals surface area (Å²) in [4.78, 5) is 15.2. The number of carbonyl (C=O) groups excluding carboxylic acids is 1. The van der Waals surface area contributed by atoms with E-state index < -0.39 is 10.0 Å². The van der Waals surface area contributed by atoms with Crippen molar-refractivity contribution in [2.75, 3.05) is 9.62 Å². The summed E-state index contributed by atoms with van der Waals surface area (Å²) in [5.74, 6) is -0.194. The largest absolute Gasteiger partial charge is 0.305 e. The van der Waals surface area contributed by atoms with Crippen molar-refractivity contribution in [2.24, 2.45) is 0 Å². The maximum Gasteiger partial charge on any atom is 0.262 e. The fourth-order valence-electron chi connectivity index (χ4n) is 4.05. The molecular weight excluding hydrogens is 408 g/mol. The van der Waals surface area contributed by atoms with Crippen LogP contribution in [-0.4, -0.2) is 20.4 Å². The van der Waals surface area contributed by atoms with Crippen molar-refractivity contribution in [3.63, 3.8) is 0 Å². The summed E-state index contributed by atoms with van der Waals surface area (Å²) in [5.41, 5.74) is 5.55. The van der Waals surface area contributed by atoms with E-state index in [1.165, 1.54) is 6.07 Å². The zero-order chi connectivity index (χ0) is 22.3. The number of hydrogen-bond donors (Lipinski definition) is 1. The third-order valence-electron chi connectivity index (χ3n) is 5.91. The molecule has 1 heterocycles. The van der Waals surface area contributed by atoms with Crippen LogP contribution in [0.3, 0.4) is 0 Å². The van der Waals surface area contributed by atoms with E-state index in [0.717, 1.165) is 28.8 Å². The standard InChI is InChI=1S/C25H26N2O3S/c1-16-10-12-22(13-18(16)3)26-31(29,30)24-15-21(11-9-17(24)2)25(28)27-19(4)14-20-7-5-6-8-23(20)27/h5-13,15,19,26H,14H2,1-4H3. The van der Waals surface area contributed by atoms with Crippen LogP contribution in [-0.2, 0) is 16.4 Å². The van der Waals surface area contributed by atoms with Gasteiger partial charge in [0, 0.05) is 23.0 Å². The number of benzene rings is 3. The van der Waals surface area contributed by atoms with Gasteiger partial charge in [-0.2, -0.15) is 0 Å². The number of sulfonamides is 1. The molecule has 0 fully saturated rings. The van der Waals surface area contributed by atoms with Crippen LogP contribution in [0.15, 0.2) is 65.6 Å². The Morgan fingerprint density at radius 3 is 2.39 bits per heavy atom. The van der Waals surface area contributed by atoms with Gasteiger partial charge in [-0.1, -0.05) is 30.3 Å². The summed E-state index contributed by atoms with van der Waals surface area (Å²) in [6.07, 6.45) is 0.785. The zero-order valence-corrected chi connectivity index (χ0v) is 19.0. The molecule has 0 saturated carbocycles. The molecule has 5 nitrogen and oxygen atoms in total. The number of fused-ring (bicyclic) bond motifs is 1. The van der Waals surface area contributed by atoms with E-state index in [4.69, 9.17) is 0 Å². The fraction of sp³-hybridized carbons (Fsp3) is 0.240. The van der Waals surface area contributed by atoms with Crippen LogP contribution in [0.25, 0.3) is 0 Å². The van der Waals surface area contributed by atoms with Crippen molar-refractivity contribution >= 4 is 27.3 Å². The molecule has 1 atom stereocenters. The Bertz CT molecular complexity index is 1280. The first-order valence-corrected chi connectivity index (χ1v) is 11.8. The van der Waals surface area contributed by atoms with E-state index in [2.05, 4.69) is 4.72 Å². The van der Waals surface area contributed by atoms with E-state index >= 15 is 0 Å². The minimum Gasteiger partial charge on any atom is -0.305 e. The van der Waals surface area contributed by atoms with E-state index in [1.807, 2.05) is 51.1 Å². The second-order valence-electron chi connectivity index (χ2n) is 8.24. The molecule has 1 amide bonds. The van der Waals surface area contributed by atoms with Gasteiger partial charge in [0.05, 0.1) is 4.90 Å². The molecular formula is C25H26N2O3S. The lowest BCUT2D eigenvalue weighted by Gasteiger charge is -2.23. The lowest BCUT2D eigenvalue weighted by molar-refractivity contribution is 0.0981. The quantitative estimate of drug-likeness (QED) is 0.628. The van der Waals surface area contributed by atoms with Crippen LogP contribution in [0.2, 0.25) is 0 Å². The van der Waals surface area contributed by atoms with E-state index in [9.17, 15) is 13.2 Å². The lowest BCUT2D eigenvalue weighted by atomic mass is 10.1. The average Bonchev–Trinajstić information content (AvgIpc) is 3.06. The minimum absolute atomic E-state index is 0.0138. The number of hydrogen-bond acceptors (Lipinski definition) is 3. The molecule has 1 unspecified atom stereocenters. The van der Waals surface area contributed by atoms with Crippen molar-refractivity contribution in [3.8, 4) is 0 Å². The number of nitrogens with one attached hydrogen (secondary N) is 1. The first-order valence-electron chi connectivity index (χ1n) is 10.3. The Hall–Kier alpha value is -3.12. The molecule has 6 heteroatoms. The first kappa shape index (κ1) is 21.1. The van der Waals surface area contributed by atoms with Gasteiger partial charge in [0.1, 0.15) is 0 Å². The monoisotopic (exact) mass is 434 g/mol. The number of carbonyl (C=O) groups is 1. The van der Waals surface area contributed by atoms with Gasteiger partial charge in [-0.25, -0.2) is 8.42 Å². The van der Waals surface area contributed by atoms with Gasteiger partial charge in [0.25, 0.3) is 15.9 Å². The van der Waals surface area contributed by atoms with Gasteiger partial charge >= 0.3 is 0 Å². The molecule has 0 aromatic heterocycles. The Morgan fingerprint density at radius 1 is 0.935 bits per heavy atom. The number of amides is 1. The smallest absolute Gasteiger partial charge is 0.262 e. The molecule has 160 valence electrons. The number of para-hydroxylation sites is 1. The predicted octanol–water partition coefficient (Wildman–Crippen LogP) is 5.00. The Balaban J connectivity index is 1.68. The van der Waals surface area contributed by atoms with Crippen LogP contribution in [0, 0.1) is 20.8 Å². The number of nitrogens with zero attached hydrogens (tertiary/aromatic N) is 1. The van der Waals surface area contributed by atoms with Crippen LogP contribution in [0.4, 0.5) is 11.4 Å². The van der Waals surface area contributed by atoms with Crippen LogP contribution in [0.5, 0.6) is 0 Å². The highest BCUT2D eigenvalue weighted by atomic mass is 32.2. The maximum atomic E-state index is 13.4. The van der Waals surface area contributed by atoms with Crippen molar-refractivity contribution in [2.45, 2.75) is 45.1 Å². The molecule has 3 aromatic carbocycles. The minimum atomic E-state index is -3.85. The Labute approximate surface area is 183 Å². The van der Waals surface area contributed by atoms with Crippen molar-refractivity contribution in [3.05, 3.63) is 88.5 Å². The normalized spacial score (nSPS) is 15.6. The van der Waals surface area contributed by atoms with Gasteiger partial charge < -0.3 is 4.90 Å². The average molecular weight is 435 g/mol. The molecule has 0 bridgehead atoms. The van der Waals surface area contributed by atoms with Crippen molar-refractivity contribution < 1.29 is 13.2 Å². The van der Waals surface area contributed by atoms with Crippen molar-refractivity contribution in [1.82, 2.24) is 0 Å². The summed E-state index contributed by atoms with van der Waals surface area (Å²) in [6, 6.07) is 18.1. The molecule has 0 saturated heterocycles. The molecule has 0 radical (unpaired) electrons. The second-order valence-corrected chi connectivity index (χ2v) is 9.89. The van der Waals surface area contributed by atoms with Crippen LogP contribution >= 0.6 is 0 Å². The van der Waals surface area contributed by atoms with Crippen LogP contribution < -0.4 is 9.62 Å². The third kappa shape index (κ3) is 3.95. The van der Waals surface area contributed by atoms with Gasteiger partial charge in [0.15, 0.2) is 0 Å². The van der Waals surface area contributed by atoms with Crippen LogP contribution in [0.1, 0.15) is 39.5 Å². The molecule has 1 aliphatic heterocycles. The number of rotatable bonds is 4. The van der Waals surface area contributed by atoms with E-state index in [-0.39, 0.29) is 16.8 Å². The lowest BCUT2D eigenvalue weighted by Crippen LogP contribution is -2.35. The molecule has 0 spiro atoms.